The number of sulfonamides is 1. The van der Waals surface area contributed by atoms with Crippen molar-refractivity contribution in [3.8, 4) is 0 Å². The summed E-state index contributed by atoms with van der Waals surface area (Å²) >= 11 is 1.40. The molecule has 1 aromatic carbocycles. The summed E-state index contributed by atoms with van der Waals surface area (Å²) in [6.07, 6.45) is 4.68. The lowest BCUT2D eigenvalue weighted by Gasteiger charge is -2.32. The van der Waals surface area contributed by atoms with Gasteiger partial charge in [0.15, 0.2) is 0 Å². The zero-order valence-corrected chi connectivity index (χ0v) is 22.0. The zero-order chi connectivity index (χ0) is 26.7. The Morgan fingerprint density at radius 1 is 1.16 bits per heavy atom. The van der Waals surface area contributed by atoms with E-state index in [1.165, 1.54) is 46.8 Å². The fourth-order valence-electron chi connectivity index (χ4n) is 4.63. The average Bonchev–Trinajstić information content (AvgIpc) is 3.67. The topological polar surface area (TPSA) is 126 Å². The third kappa shape index (κ3) is 5.19. The number of rotatable bonds is 9. The van der Waals surface area contributed by atoms with Gasteiger partial charge in [-0.15, -0.1) is 11.3 Å². The number of fused-ring (bicyclic) bond motifs is 1. The molecule has 0 unspecified atom stereocenters. The number of hydrogen-bond acceptors (Lipinski definition) is 8. The van der Waals surface area contributed by atoms with Crippen LogP contribution in [0, 0.1) is 0 Å². The number of nitrogens with one attached hydrogen (secondary N) is 1. The van der Waals surface area contributed by atoms with Gasteiger partial charge < -0.3 is 15.0 Å². The first-order chi connectivity index (χ1) is 18.4. The molecule has 0 saturated carbocycles. The van der Waals surface area contributed by atoms with Crippen molar-refractivity contribution in [2.45, 2.75) is 36.4 Å². The van der Waals surface area contributed by atoms with E-state index in [0.29, 0.717) is 16.5 Å². The molecule has 1 fully saturated rings. The molecule has 2 aliphatic rings. The quantitative estimate of drug-likeness (QED) is 0.430. The Morgan fingerprint density at radius 2 is 1.95 bits per heavy atom. The highest BCUT2D eigenvalue weighted by atomic mass is 32.2. The second-order valence-electron chi connectivity index (χ2n) is 8.98. The number of carbonyl (C=O) groups is 3. The first-order valence-electron chi connectivity index (χ1n) is 12.1. The summed E-state index contributed by atoms with van der Waals surface area (Å²) in [7, 11) is -4.21. The molecular weight excluding hydrogens is 528 g/mol. The van der Waals surface area contributed by atoms with E-state index in [-0.39, 0.29) is 29.7 Å². The van der Waals surface area contributed by atoms with Gasteiger partial charge in [-0.1, -0.05) is 18.2 Å². The van der Waals surface area contributed by atoms with Crippen LogP contribution >= 0.6 is 11.3 Å². The molecule has 12 heteroatoms. The van der Waals surface area contributed by atoms with Gasteiger partial charge in [-0.3, -0.25) is 19.4 Å². The highest BCUT2D eigenvalue weighted by Crippen LogP contribution is 2.31. The highest BCUT2D eigenvalue weighted by Gasteiger charge is 2.43. The van der Waals surface area contributed by atoms with Crippen molar-refractivity contribution in [1.29, 1.82) is 0 Å². The number of nitrogens with zero attached hydrogens (tertiary/aromatic N) is 3. The molecule has 38 heavy (non-hydrogen) atoms. The van der Waals surface area contributed by atoms with Gasteiger partial charge in [0.1, 0.15) is 17.5 Å². The molecule has 10 nitrogen and oxygen atoms in total. The third-order valence-corrected chi connectivity index (χ3v) is 9.18. The van der Waals surface area contributed by atoms with Gasteiger partial charge in [-0.05, 0) is 54.1 Å². The van der Waals surface area contributed by atoms with Gasteiger partial charge >= 0.3 is 0 Å². The van der Waals surface area contributed by atoms with E-state index in [9.17, 15) is 22.8 Å². The van der Waals surface area contributed by atoms with Crippen LogP contribution in [0.25, 0.3) is 0 Å². The minimum atomic E-state index is -4.21. The first kappa shape index (κ1) is 26.0. The molecule has 2 aromatic heterocycles. The number of aromatic nitrogens is 1. The van der Waals surface area contributed by atoms with Crippen LogP contribution < -0.4 is 5.32 Å². The Balaban J connectivity index is 1.46. The van der Waals surface area contributed by atoms with E-state index in [2.05, 4.69) is 10.3 Å². The summed E-state index contributed by atoms with van der Waals surface area (Å²) in [6.45, 7) is 0.238. The smallest absolute Gasteiger partial charge is 0.269 e. The van der Waals surface area contributed by atoms with Crippen molar-refractivity contribution in [3.05, 3.63) is 82.3 Å². The second-order valence-corrected chi connectivity index (χ2v) is 11.8. The van der Waals surface area contributed by atoms with Crippen molar-refractivity contribution in [1.82, 2.24) is 19.5 Å². The Kier molecular flexibility index (Phi) is 7.54. The molecule has 0 spiro atoms. The summed E-state index contributed by atoms with van der Waals surface area (Å²) in [6, 6.07) is 11.7. The largest absolute Gasteiger partial charge is 0.376 e. The van der Waals surface area contributed by atoms with Crippen LogP contribution in [0.5, 0.6) is 0 Å². The molecule has 198 valence electrons. The maximum Gasteiger partial charge on any atom is 0.269 e. The lowest BCUT2D eigenvalue weighted by molar-refractivity contribution is -0.141. The standard InChI is InChI=1S/C26H26N4O6S2/c31-23(17-30-26(33)21-7-1-2-8-22(21)38(30,34)35)29(16-20-6-4-14-37-20)24(18-9-11-27-12-10-18)25(32)28-15-19-5-3-13-36-19/h1-2,4,6-12,14,19,24H,3,5,13,15-17H2,(H,28,32)/t19-,24-/m0/s1. The molecule has 0 aliphatic carbocycles. The molecule has 3 aromatic rings. The van der Waals surface area contributed by atoms with Crippen LogP contribution in [0.2, 0.25) is 0 Å². The van der Waals surface area contributed by atoms with Gasteiger partial charge in [0, 0.05) is 30.4 Å². The van der Waals surface area contributed by atoms with Crippen molar-refractivity contribution < 1.29 is 27.5 Å². The Hall–Kier alpha value is -3.61. The summed E-state index contributed by atoms with van der Waals surface area (Å²) < 4.78 is 32.5. The van der Waals surface area contributed by atoms with Gasteiger partial charge in [0.2, 0.25) is 11.8 Å². The van der Waals surface area contributed by atoms with Crippen molar-refractivity contribution in [2.24, 2.45) is 0 Å². The predicted octanol–water partition coefficient (Wildman–Crippen LogP) is 2.35. The van der Waals surface area contributed by atoms with Crippen molar-refractivity contribution >= 4 is 39.1 Å². The maximum absolute atomic E-state index is 13.8. The molecule has 1 N–H and O–H groups in total. The number of carbonyl (C=O) groups excluding carboxylic acids is 3. The summed E-state index contributed by atoms with van der Waals surface area (Å²) in [5.41, 5.74) is 0.527. The summed E-state index contributed by atoms with van der Waals surface area (Å²) in [4.78, 5) is 46.4. The van der Waals surface area contributed by atoms with Crippen molar-refractivity contribution in [3.63, 3.8) is 0 Å². The van der Waals surface area contributed by atoms with E-state index in [1.54, 1.807) is 18.2 Å². The SMILES string of the molecule is O=C(NC[C@@H]1CCCO1)[C@H](c1ccncc1)N(Cc1cccs1)C(=O)CN1C(=O)c2ccccc2S1(=O)=O. The maximum atomic E-state index is 13.8. The van der Waals surface area contributed by atoms with Crippen LogP contribution in [0.4, 0.5) is 0 Å². The molecule has 0 bridgehead atoms. The Labute approximate surface area is 224 Å². The monoisotopic (exact) mass is 554 g/mol. The minimum absolute atomic E-state index is 0.0186. The average molecular weight is 555 g/mol. The fraction of sp³-hybridized carbons (Fsp3) is 0.308. The van der Waals surface area contributed by atoms with Crippen molar-refractivity contribution in [2.75, 3.05) is 19.7 Å². The van der Waals surface area contributed by atoms with E-state index in [4.69, 9.17) is 4.74 Å². The predicted molar refractivity (Wildman–Crippen MR) is 138 cm³/mol. The molecule has 3 amide bonds. The molecule has 0 radical (unpaired) electrons. The second kappa shape index (κ2) is 11.0. The van der Waals surface area contributed by atoms with Crippen LogP contribution in [0.1, 0.15) is 39.7 Å². The molecule has 4 heterocycles. The number of benzene rings is 1. The van der Waals surface area contributed by atoms with Crippen LogP contribution in [-0.2, 0) is 30.9 Å². The van der Waals surface area contributed by atoms with Gasteiger partial charge in [-0.2, -0.15) is 0 Å². The number of pyridine rings is 1. The van der Waals surface area contributed by atoms with Gasteiger partial charge in [0.05, 0.1) is 18.2 Å². The number of hydrogen-bond donors (Lipinski definition) is 1. The van der Waals surface area contributed by atoms with E-state index in [0.717, 1.165) is 17.7 Å². The van der Waals surface area contributed by atoms with E-state index >= 15 is 0 Å². The molecule has 5 rings (SSSR count). The van der Waals surface area contributed by atoms with E-state index in [1.807, 2.05) is 17.5 Å². The number of thiophene rings is 1. The Morgan fingerprint density at radius 3 is 2.63 bits per heavy atom. The van der Waals surface area contributed by atoms with Crippen LogP contribution in [-0.4, -0.2) is 66.1 Å². The highest BCUT2D eigenvalue weighted by molar-refractivity contribution is 7.90. The van der Waals surface area contributed by atoms with Gasteiger partial charge in [0.25, 0.3) is 15.9 Å². The van der Waals surface area contributed by atoms with Crippen LogP contribution in [0.3, 0.4) is 0 Å². The third-order valence-electron chi connectivity index (χ3n) is 6.53. The molecule has 2 aliphatic heterocycles. The number of amides is 3. The normalized spacial score (nSPS) is 18.7. The minimum Gasteiger partial charge on any atom is -0.376 e. The lowest BCUT2D eigenvalue weighted by Crippen LogP contribution is -2.48. The summed E-state index contributed by atoms with van der Waals surface area (Å²) in [5, 5.41) is 4.75. The lowest BCUT2D eigenvalue weighted by atomic mass is 10.0. The Bertz CT molecular complexity index is 1420. The molecule has 1 saturated heterocycles. The zero-order valence-electron chi connectivity index (χ0n) is 20.4. The molecular formula is C26H26N4O6S2. The fourth-order valence-corrected chi connectivity index (χ4v) is 6.85. The van der Waals surface area contributed by atoms with Crippen LogP contribution in [0.15, 0.2) is 71.2 Å². The molecule has 2 atom stereocenters. The first-order valence-corrected chi connectivity index (χ1v) is 14.5. The number of ether oxygens (including phenoxy) is 1. The van der Waals surface area contributed by atoms with Gasteiger partial charge in [-0.25, -0.2) is 12.7 Å². The summed E-state index contributed by atoms with van der Waals surface area (Å²) in [5.74, 6) is -1.89. The van der Waals surface area contributed by atoms with E-state index < -0.39 is 40.3 Å².